The molecule has 0 unspecified atom stereocenters. The zero-order valence-corrected chi connectivity index (χ0v) is 38.9. The summed E-state index contributed by atoms with van der Waals surface area (Å²) in [5.41, 5.74) is 17.4. The number of fused-ring (bicyclic) bond motifs is 2. The largest absolute Gasteiger partial charge is 0.493 e. The van der Waals surface area contributed by atoms with Crippen LogP contribution in [0.5, 0.6) is 11.5 Å². The first-order valence-electron chi connectivity index (χ1n) is 24.0. The Kier molecular flexibility index (Phi) is 14.0. The van der Waals surface area contributed by atoms with Crippen LogP contribution in [0.25, 0.3) is 88.8 Å². The van der Waals surface area contributed by atoms with Gasteiger partial charge in [0.05, 0.1) is 35.6 Å². The highest BCUT2D eigenvalue weighted by Gasteiger charge is 2.17. The lowest BCUT2D eigenvalue weighted by molar-refractivity contribution is 0.296. The Morgan fingerprint density at radius 2 is 0.803 bits per heavy atom. The van der Waals surface area contributed by atoms with Gasteiger partial charge in [0.15, 0.2) is 0 Å². The zero-order valence-electron chi connectivity index (χ0n) is 38.9. The summed E-state index contributed by atoms with van der Waals surface area (Å²) in [6.45, 7) is 10.2. The van der Waals surface area contributed by atoms with Crippen LogP contribution in [0.2, 0.25) is 0 Å². The van der Waals surface area contributed by atoms with Crippen molar-refractivity contribution in [1.82, 2.24) is 9.97 Å². The molecule has 0 saturated heterocycles. The molecule has 2 aromatic heterocycles. The summed E-state index contributed by atoms with van der Waals surface area (Å²) < 4.78 is 12.9. The molecule has 9 rings (SSSR count). The van der Waals surface area contributed by atoms with E-state index in [1.807, 2.05) is 0 Å². The first kappa shape index (κ1) is 44.2. The number of ether oxygens (including phenoxy) is 2. The smallest absolute Gasteiger partial charge is 0.127 e. The van der Waals surface area contributed by atoms with Gasteiger partial charge in [0.25, 0.3) is 0 Å². The molecular weight excluding hydrogens is 805 g/mol. The second-order valence-electron chi connectivity index (χ2n) is 17.7. The monoisotopic (exact) mass is 864 g/mol. The number of rotatable bonds is 18. The minimum atomic E-state index is 0.703. The number of hydrogen-bond acceptors (Lipinski definition) is 4. The van der Waals surface area contributed by atoms with Crippen LogP contribution >= 0.6 is 0 Å². The van der Waals surface area contributed by atoms with Gasteiger partial charge in [-0.15, -0.1) is 0 Å². The van der Waals surface area contributed by atoms with Crippen molar-refractivity contribution in [1.29, 1.82) is 0 Å². The molecule has 0 amide bonds. The van der Waals surface area contributed by atoms with Gasteiger partial charge in [-0.05, 0) is 120 Å². The highest BCUT2D eigenvalue weighted by molar-refractivity contribution is 6.02. The van der Waals surface area contributed by atoms with Crippen LogP contribution in [-0.4, -0.2) is 23.2 Å². The van der Waals surface area contributed by atoms with Crippen molar-refractivity contribution >= 4 is 21.8 Å². The lowest BCUT2D eigenvalue weighted by Crippen LogP contribution is -2.03. The van der Waals surface area contributed by atoms with Gasteiger partial charge in [0.1, 0.15) is 11.5 Å². The van der Waals surface area contributed by atoms with Crippen molar-refractivity contribution in [2.24, 2.45) is 0 Å². The topological polar surface area (TPSA) is 44.2 Å². The Morgan fingerprint density at radius 3 is 1.30 bits per heavy atom. The summed E-state index contributed by atoms with van der Waals surface area (Å²) in [5, 5.41) is 2.23. The van der Waals surface area contributed by atoms with Crippen molar-refractivity contribution in [3.8, 4) is 78.5 Å². The summed E-state index contributed by atoms with van der Waals surface area (Å²) in [4.78, 5) is 10.5. The number of hydrogen-bond donors (Lipinski definition) is 0. The van der Waals surface area contributed by atoms with Crippen LogP contribution in [0.4, 0.5) is 0 Å². The summed E-state index contributed by atoms with van der Waals surface area (Å²) in [5.74, 6) is 1.84. The molecule has 0 N–H and O–H groups in total. The van der Waals surface area contributed by atoms with Gasteiger partial charge in [-0.3, -0.25) is 0 Å². The van der Waals surface area contributed by atoms with E-state index in [4.69, 9.17) is 19.4 Å². The van der Waals surface area contributed by atoms with E-state index >= 15 is 0 Å². The van der Waals surface area contributed by atoms with Crippen LogP contribution in [0, 0.1) is 13.8 Å². The molecule has 7 aromatic carbocycles. The molecule has 0 aliphatic heterocycles. The van der Waals surface area contributed by atoms with Crippen molar-refractivity contribution in [2.75, 3.05) is 13.2 Å². The van der Waals surface area contributed by atoms with Crippen LogP contribution in [0.1, 0.15) is 76.3 Å². The second-order valence-corrected chi connectivity index (χ2v) is 17.7. The van der Waals surface area contributed by atoms with Crippen LogP contribution in [0.15, 0.2) is 170 Å². The fourth-order valence-electron chi connectivity index (χ4n) is 8.95. The standard InChI is InChI=1S/C62H60N2O2/c1-5-7-9-17-35-65-61-42-54(62(37-44(61)4)66-36-18-10-8-6-2)47-27-29-49(30-28-47)60-41-53(46-21-15-12-16-22-46)56-39-51(32-34-58(56)64-60)50-31-33-57-55(38-50)52(45-19-13-11-14-20-45)40-59(63-57)48-25-23-43(3)24-26-48/h11-16,19-34,37-42H,5-10,17-18,35-36H2,1-4H3. The van der Waals surface area contributed by atoms with E-state index in [2.05, 4.69) is 198 Å². The molecule has 66 heavy (non-hydrogen) atoms. The van der Waals surface area contributed by atoms with Gasteiger partial charge in [-0.2, -0.15) is 0 Å². The Bertz CT molecular complexity index is 3050. The Morgan fingerprint density at radius 1 is 0.364 bits per heavy atom. The number of aromatic nitrogens is 2. The molecule has 0 spiro atoms. The minimum absolute atomic E-state index is 0.703. The van der Waals surface area contributed by atoms with E-state index in [-0.39, 0.29) is 0 Å². The molecule has 2 heterocycles. The average Bonchev–Trinajstić information content (AvgIpc) is 3.36. The first-order valence-corrected chi connectivity index (χ1v) is 24.0. The fraction of sp³-hybridized carbons (Fsp3) is 0.226. The third kappa shape index (κ3) is 10.1. The number of pyridine rings is 2. The van der Waals surface area contributed by atoms with Crippen molar-refractivity contribution in [3.63, 3.8) is 0 Å². The molecule has 0 bridgehead atoms. The number of benzene rings is 7. The maximum Gasteiger partial charge on any atom is 0.127 e. The predicted molar refractivity (Wildman–Crippen MR) is 278 cm³/mol. The van der Waals surface area contributed by atoms with E-state index in [0.29, 0.717) is 6.61 Å². The van der Waals surface area contributed by atoms with Gasteiger partial charge < -0.3 is 9.47 Å². The highest BCUT2D eigenvalue weighted by atomic mass is 16.5. The van der Waals surface area contributed by atoms with E-state index < -0.39 is 0 Å². The Labute approximate surface area is 391 Å². The quantitative estimate of drug-likeness (QED) is 0.0806. The molecule has 0 aliphatic carbocycles. The molecule has 0 aliphatic rings. The Balaban J connectivity index is 1.07. The van der Waals surface area contributed by atoms with Crippen LogP contribution in [0.3, 0.4) is 0 Å². The SMILES string of the molecule is CCCCCCOc1cc(-c2ccc(-c3cc(-c4ccccc4)c4cc(-c5ccc6nc(-c7ccc(C)cc7)cc(-c7ccccc7)c6c5)ccc4n3)cc2)c(OCCCCCC)cc1C. The molecule has 0 saturated carbocycles. The molecular formula is C62H60N2O2. The third-order valence-electron chi connectivity index (χ3n) is 12.7. The first-order chi connectivity index (χ1) is 32.4. The zero-order chi connectivity index (χ0) is 45.2. The van der Waals surface area contributed by atoms with E-state index in [9.17, 15) is 0 Å². The van der Waals surface area contributed by atoms with E-state index in [1.54, 1.807) is 0 Å². The van der Waals surface area contributed by atoms with Crippen molar-refractivity contribution in [2.45, 2.75) is 79.1 Å². The van der Waals surface area contributed by atoms with E-state index in [0.717, 1.165) is 114 Å². The minimum Gasteiger partial charge on any atom is -0.493 e. The van der Waals surface area contributed by atoms with Gasteiger partial charge in [0.2, 0.25) is 0 Å². The van der Waals surface area contributed by atoms with Crippen LogP contribution in [-0.2, 0) is 0 Å². The molecule has 9 aromatic rings. The summed E-state index contributed by atoms with van der Waals surface area (Å²) in [7, 11) is 0. The Hall–Kier alpha value is -7.04. The van der Waals surface area contributed by atoms with Crippen LogP contribution < -0.4 is 9.47 Å². The maximum absolute atomic E-state index is 6.50. The summed E-state index contributed by atoms with van der Waals surface area (Å²) >= 11 is 0. The second kappa shape index (κ2) is 20.9. The highest BCUT2D eigenvalue weighted by Crippen LogP contribution is 2.40. The lowest BCUT2D eigenvalue weighted by Gasteiger charge is -2.17. The fourth-order valence-corrected chi connectivity index (χ4v) is 8.95. The van der Waals surface area contributed by atoms with Gasteiger partial charge in [0, 0.05) is 27.5 Å². The summed E-state index contributed by atoms with van der Waals surface area (Å²) in [6, 6.07) is 61.0. The number of aryl methyl sites for hydroxylation is 2. The molecule has 4 nitrogen and oxygen atoms in total. The van der Waals surface area contributed by atoms with Crippen molar-refractivity contribution in [3.05, 3.63) is 181 Å². The number of unbranched alkanes of at least 4 members (excludes halogenated alkanes) is 6. The number of nitrogens with zero attached hydrogens (tertiary/aromatic N) is 2. The third-order valence-corrected chi connectivity index (χ3v) is 12.7. The molecule has 4 heteroatoms. The average molecular weight is 865 g/mol. The predicted octanol–water partition coefficient (Wildman–Crippen LogP) is 17.3. The van der Waals surface area contributed by atoms with Gasteiger partial charge >= 0.3 is 0 Å². The van der Waals surface area contributed by atoms with E-state index in [1.165, 1.54) is 55.2 Å². The lowest BCUT2D eigenvalue weighted by atomic mass is 9.93. The normalized spacial score (nSPS) is 11.3. The maximum atomic E-state index is 6.50. The molecule has 0 fully saturated rings. The molecule has 0 atom stereocenters. The van der Waals surface area contributed by atoms with Crippen molar-refractivity contribution < 1.29 is 9.47 Å². The summed E-state index contributed by atoms with van der Waals surface area (Å²) in [6.07, 6.45) is 9.36. The molecule has 0 radical (unpaired) electrons. The molecule has 330 valence electrons. The van der Waals surface area contributed by atoms with Gasteiger partial charge in [-0.1, -0.05) is 179 Å². The van der Waals surface area contributed by atoms with Gasteiger partial charge in [-0.25, -0.2) is 9.97 Å².